The van der Waals surface area contributed by atoms with Gasteiger partial charge < -0.3 is 20.4 Å². The van der Waals surface area contributed by atoms with Gasteiger partial charge >= 0.3 is 0 Å². The van der Waals surface area contributed by atoms with Crippen LogP contribution in [-0.2, 0) is 0 Å². The Bertz CT molecular complexity index is 582. The van der Waals surface area contributed by atoms with Crippen molar-refractivity contribution >= 4 is 16.5 Å². The van der Waals surface area contributed by atoms with Crippen molar-refractivity contribution in [3.8, 4) is 22.8 Å². The summed E-state index contributed by atoms with van der Waals surface area (Å²) in [7, 11) is 0. The van der Waals surface area contributed by atoms with Gasteiger partial charge in [0.25, 0.3) is 0 Å². The van der Waals surface area contributed by atoms with Crippen LogP contribution in [0.1, 0.15) is 13.8 Å². The van der Waals surface area contributed by atoms with Gasteiger partial charge in [0.2, 0.25) is 0 Å². The van der Waals surface area contributed by atoms with E-state index >= 15 is 0 Å². The molecule has 5 nitrogen and oxygen atoms in total. The van der Waals surface area contributed by atoms with Gasteiger partial charge in [-0.3, -0.25) is 0 Å². The Morgan fingerprint density at radius 3 is 2.67 bits per heavy atom. The molecule has 21 heavy (non-hydrogen) atoms. The lowest BCUT2D eigenvalue weighted by molar-refractivity contribution is 0.316. The van der Waals surface area contributed by atoms with E-state index in [2.05, 4.69) is 29.0 Å². The predicted molar refractivity (Wildman–Crippen MR) is 87.2 cm³/mol. The Balaban J connectivity index is 1.98. The lowest BCUT2D eigenvalue weighted by Crippen LogP contribution is -2.28. The zero-order valence-corrected chi connectivity index (χ0v) is 13.2. The van der Waals surface area contributed by atoms with Crippen LogP contribution in [0.3, 0.4) is 0 Å². The lowest BCUT2D eigenvalue weighted by atomic mass is 10.1. The third-order valence-electron chi connectivity index (χ3n) is 3.36. The first kappa shape index (κ1) is 15.6. The Morgan fingerprint density at radius 2 is 2.00 bits per heavy atom. The number of nitrogens with zero attached hydrogens (tertiary/aromatic N) is 2. The molecule has 0 radical (unpaired) electrons. The van der Waals surface area contributed by atoms with Crippen LogP contribution in [0.15, 0.2) is 23.6 Å². The van der Waals surface area contributed by atoms with Gasteiger partial charge in [-0.15, -0.1) is 11.3 Å². The molecule has 0 saturated carbocycles. The maximum Gasteiger partial charge on any atom is 0.183 e. The zero-order valence-electron chi connectivity index (χ0n) is 12.3. The molecule has 0 amide bonds. The Hall–Kier alpha value is -1.79. The molecule has 2 rings (SSSR count). The Morgan fingerprint density at radius 1 is 1.24 bits per heavy atom. The minimum Gasteiger partial charge on any atom is -0.508 e. The van der Waals surface area contributed by atoms with E-state index in [0.29, 0.717) is 11.3 Å². The minimum absolute atomic E-state index is 0.0370. The van der Waals surface area contributed by atoms with E-state index < -0.39 is 0 Å². The van der Waals surface area contributed by atoms with E-state index in [1.807, 2.05) is 5.38 Å². The van der Waals surface area contributed by atoms with Crippen molar-refractivity contribution in [1.82, 2.24) is 9.88 Å². The summed E-state index contributed by atoms with van der Waals surface area (Å²) in [5, 5.41) is 25.2. The molecular weight excluding hydrogens is 286 g/mol. The molecule has 0 fully saturated rings. The summed E-state index contributed by atoms with van der Waals surface area (Å²) in [5.74, 6) is 0.0824. The molecule has 1 aromatic heterocycles. The summed E-state index contributed by atoms with van der Waals surface area (Å²) < 4.78 is 0. The first-order valence-electron chi connectivity index (χ1n) is 7.08. The van der Waals surface area contributed by atoms with Gasteiger partial charge in [-0.05, 0) is 25.2 Å². The second-order valence-corrected chi connectivity index (χ2v) is 5.55. The largest absolute Gasteiger partial charge is 0.508 e. The summed E-state index contributed by atoms with van der Waals surface area (Å²) in [6, 6.07) is 4.53. The van der Waals surface area contributed by atoms with Crippen LogP contribution >= 0.6 is 11.3 Å². The molecular formula is C15H21N3O2S. The molecule has 0 atom stereocenters. The lowest BCUT2D eigenvalue weighted by Gasteiger charge is -2.17. The van der Waals surface area contributed by atoms with E-state index in [1.165, 1.54) is 17.4 Å². The number of hydrogen-bond acceptors (Lipinski definition) is 6. The monoisotopic (exact) mass is 307 g/mol. The summed E-state index contributed by atoms with van der Waals surface area (Å²) in [5.41, 5.74) is 1.34. The molecule has 0 saturated heterocycles. The van der Waals surface area contributed by atoms with Crippen molar-refractivity contribution in [3.05, 3.63) is 23.6 Å². The van der Waals surface area contributed by atoms with Gasteiger partial charge in [-0.25, -0.2) is 4.98 Å². The summed E-state index contributed by atoms with van der Waals surface area (Å²) >= 11 is 1.51. The van der Waals surface area contributed by atoms with E-state index in [4.69, 9.17) is 0 Å². The molecule has 2 aromatic rings. The Kier molecular flexibility index (Phi) is 5.41. The molecule has 0 aliphatic heterocycles. The van der Waals surface area contributed by atoms with Crippen LogP contribution in [0, 0.1) is 0 Å². The number of nitrogens with one attached hydrogen (secondary N) is 1. The van der Waals surface area contributed by atoms with Gasteiger partial charge in [0.15, 0.2) is 5.13 Å². The number of hydrogen-bond donors (Lipinski definition) is 3. The molecule has 1 heterocycles. The first-order chi connectivity index (χ1) is 10.1. The van der Waals surface area contributed by atoms with Crippen LogP contribution in [0.2, 0.25) is 0 Å². The maximum absolute atomic E-state index is 9.84. The first-order valence-corrected chi connectivity index (χ1v) is 7.96. The van der Waals surface area contributed by atoms with Crippen molar-refractivity contribution in [2.45, 2.75) is 13.8 Å². The normalized spacial score (nSPS) is 11.0. The van der Waals surface area contributed by atoms with Crippen molar-refractivity contribution in [1.29, 1.82) is 0 Å². The fraction of sp³-hybridized carbons (Fsp3) is 0.400. The van der Waals surface area contributed by atoms with E-state index in [0.717, 1.165) is 31.3 Å². The average molecular weight is 307 g/mol. The number of thiazole rings is 1. The zero-order chi connectivity index (χ0) is 15.2. The van der Waals surface area contributed by atoms with E-state index in [1.54, 1.807) is 12.1 Å². The molecule has 0 aliphatic carbocycles. The van der Waals surface area contributed by atoms with Crippen molar-refractivity contribution in [2.75, 3.05) is 31.5 Å². The van der Waals surface area contributed by atoms with Crippen LogP contribution in [0.5, 0.6) is 11.5 Å². The fourth-order valence-electron chi connectivity index (χ4n) is 2.08. The van der Waals surface area contributed by atoms with Crippen LogP contribution in [0.4, 0.5) is 5.13 Å². The number of likely N-dealkylation sites (N-methyl/N-ethyl adjacent to an activating group) is 1. The second kappa shape index (κ2) is 7.28. The number of anilines is 1. The molecule has 6 heteroatoms. The minimum atomic E-state index is 0.0370. The predicted octanol–water partition coefficient (Wildman–Crippen LogP) is 2.98. The highest BCUT2D eigenvalue weighted by atomic mass is 32.1. The molecule has 0 aliphatic rings. The van der Waals surface area contributed by atoms with Gasteiger partial charge in [-0.1, -0.05) is 13.8 Å². The SMILES string of the molecule is CCN(CC)CCNc1nc(-c2ccc(O)cc2O)cs1. The third-order valence-corrected chi connectivity index (χ3v) is 4.16. The Labute approximate surface area is 128 Å². The summed E-state index contributed by atoms with van der Waals surface area (Å²) in [4.78, 5) is 6.81. The summed E-state index contributed by atoms with van der Waals surface area (Å²) in [6.07, 6.45) is 0. The maximum atomic E-state index is 9.84. The quantitative estimate of drug-likeness (QED) is 0.734. The summed E-state index contributed by atoms with van der Waals surface area (Å²) in [6.45, 7) is 8.21. The van der Waals surface area contributed by atoms with Gasteiger partial charge in [0.05, 0.1) is 5.69 Å². The van der Waals surface area contributed by atoms with Crippen LogP contribution in [-0.4, -0.2) is 46.3 Å². The van der Waals surface area contributed by atoms with Gasteiger partial charge in [0.1, 0.15) is 11.5 Å². The van der Waals surface area contributed by atoms with E-state index in [-0.39, 0.29) is 11.5 Å². The van der Waals surface area contributed by atoms with Crippen molar-refractivity contribution < 1.29 is 10.2 Å². The van der Waals surface area contributed by atoms with Gasteiger partial charge in [-0.2, -0.15) is 0 Å². The standard InChI is InChI=1S/C15H21N3O2S/c1-3-18(4-2)8-7-16-15-17-13(10-21-15)12-6-5-11(19)9-14(12)20/h5-6,9-10,19-20H,3-4,7-8H2,1-2H3,(H,16,17). The topological polar surface area (TPSA) is 68.6 Å². The van der Waals surface area contributed by atoms with Crippen molar-refractivity contribution in [3.63, 3.8) is 0 Å². The molecule has 1 aromatic carbocycles. The number of aromatic nitrogens is 1. The van der Waals surface area contributed by atoms with E-state index in [9.17, 15) is 10.2 Å². The molecule has 0 spiro atoms. The smallest absolute Gasteiger partial charge is 0.183 e. The number of rotatable bonds is 7. The van der Waals surface area contributed by atoms with Crippen molar-refractivity contribution in [2.24, 2.45) is 0 Å². The number of benzene rings is 1. The number of aromatic hydroxyl groups is 2. The average Bonchev–Trinajstić information content (AvgIpc) is 2.92. The highest BCUT2D eigenvalue weighted by molar-refractivity contribution is 7.14. The van der Waals surface area contributed by atoms with Gasteiger partial charge in [0, 0.05) is 30.1 Å². The van der Waals surface area contributed by atoms with Crippen LogP contribution < -0.4 is 5.32 Å². The molecule has 0 unspecified atom stereocenters. The number of phenolic OH excluding ortho intramolecular Hbond substituents is 2. The third kappa shape index (κ3) is 4.09. The number of phenols is 2. The van der Waals surface area contributed by atoms with Crippen LogP contribution in [0.25, 0.3) is 11.3 Å². The molecule has 3 N–H and O–H groups in total. The highest BCUT2D eigenvalue weighted by Gasteiger charge is 2.09. The highest BCUT2D eigenvalue weighted by Crippen LogP contribution is 2.33. The second-order valence-electron chi connectivity index (χ2n) is 4.69. The molecule has 0 bridgehead atoms. The fourth-order valence-corrected chi connectivity index (χ4v) is 2.82. The molecule has 114 valence electrons.